The van der Waals surface area contributed by atoms with Crippen LogP contribution in [0.5, 0.6) is 0 Å². The minimum Gasteiger partial charge on any atom is -0.341 e. The Morgan fingerprint density at radius 2 is 2.25 bits per heavy atom. The summed E-state index contributed by atoms with van der Waals surface area (Å²) < 4.78 is 1.91. The molecular formula is C17H22N6O. The number of carbonyl (C=O) groups is 1. The third-order valence-corrected chi connectivity index (χ3v) is 4.81. The van der Waals surface area contributed by atoms with Crippen LogP contribution in [0, 0.1) is 0 Å². The number of nitrogens with zero attached hydrogens (tertiary/aromatic N) is 4. The van der Waals surface area contributed by atoms with E-state index in [4.69, 9.17) is 4.98 Å². The van der Waals surface area contributed by atoms with Crippen LogP contribution in [0.1, 0.15) is 30.9 Å². The lowest BCUT2D eigenvalue weighted by Gasteiger charge is -2.34. The Morgan fingerprint density at radius 3 is 3.04 bits per heavy atom. The van der Waals surface area contributed by atoms with Gasteiger partial charge in [-0.2, -0.15) is 0 Å². The first-order valence-electron chi connectivity index (χ1n) is 8.54. The van der Waals surface area contributed by atoms with Gasteiger partial charge in [-0.1, -0.05) is 6.07 Å². The van der Waals surface area contributed by atoms with Gasteiger partial charge in [-0.15, -0.1) is 0 Å². The van der Waals surface area contributed by atoms with Crippen LogP contribution >= 0.6 is 0 Å². The smallest absolute Gasteiger partial charge is 0.241 e. The fourth-order valence-corrected chi connectivity index (χ4v) is 3.51. The molecule has 2 aliphatic rings. The Hall–Kier alpha value is -2.25. The second-order valence-corrected chi connectivity index (χ2v) is 6.43. The van der Waals surface area contributed by atoms with E-state index in [1.807, 2.05) is 27.8 Å². The number of pyridine rings is 1. The molecule has 2 aliphatic heterocycles. The number of imidazole rings is 1. The normalized spacial score (nSPS) is 24.2. The number of carbonyl (C=O) groups excluding carboxylic acids is 1. The van der Waals surface area contributed by atoms with Crippen molar-refractivity contribution in [3.05, 3.63) is 42.6 Å². The van der Waals surface area contributed by atoms with Crippen LogP contribution < -0.4 is 10.9 Å². The van der Waals surface area contributed by atoms with E-state index in [0.29, 0.717) is 5.92 Å². The number of piperidine rings is 1. The fraction of sp³-hybridized carbons (Fsp3) is 0.471. The van der Waals surface area contributed by atoms with Crippen molar-refractivity contribution in [1.82, 2.24) is 30.3 Å². The first-order chi connectivity index (χ1) is 11.8. The highest BCUT2D eigenvalue weighted by molar-refractivity contribution is 5.82. The molecule has 0 saturated carbocycles. The topological polar surface area (TPSA) is 75.1 Å². The van der Waals surface area contributed by atoms with Crippen molar-refractivity contribution in [2.24, 2.45) is 0 Å². The van der Waals surface area contributed by atoms with Gasteiger partial charge in [-0.3, -0.25) is 14.8 Å². The number of aromatic nitrogens is 3. The molecule has 0 aliphatic carbocycles. The van der Waals surface area contributed by atoms with Gasteiger partial charge in [-0.25, -0.2) is 15.4 Å². The quantitative estimate of drug-likeness (QED) is 0.874. The monoisotopic (exact) mass is 326 g/mol. The summed E-state index contributed by atoms with van der Waals surface area (Å²) in [5.74, 6) is 1.37. The van der Waals surface area contributed by atoms with E-state index < -0.39 is 0 Å². The second kappa shape index (κ2) is 6.70. The summed E-state index contributed by atoms with van der Waals surface area (Å²) in [4.78, 5) is 23.5. The summed E-state index contributed by atoms with van der Waals surface area (Å²) in [5, 5.41) is 0. The molecule has 0 radical (unpaired) electrons. The molecule has 24 heavy (non-hydrogen) atoms. The number of likely N-dealkylation sites (tertiary alicyclic amines) is 1. The number of nitrogens with one attached hydrogen (secondary N) is 2. The van der Waals surface area contributed by atoms with Gasteiger partial charge >= 0.3 is 0 Å². The van der Waals surface area contributed by atoms with E-state index >= 15 is 0 Å². The maximum absolute atomic E-state index is 12.6. The van der Waals surface area contributed by atoms with Gasteiger partial charge in [-0.05, 0) is 31.4 Å². The van der Waals surface area contributed by atoms with Gasteiger partial charge in [0.05, 0.1) is 0 Å². The molecule has 7 heteroatoms. The summed E-state index contributed by atoms with van der Waals surface area (Å²) in [6.45, 7) is 2.44. The molecule has 0 aromatic carbocycles. The van der Waals surface area contributed by atoms with Crippen LogP contribution in [0.4, 0.5) is 0 Å². The van der Waals surface area contributed by atoms with Gasteiger partial charge in [0.2, 0.25) is 5.91 Å². The number of hydrogen-bond acceptors (Lipinski definition) is 5. The minimum atomic E-state index is -0.0889. The molecule has 2 fully saturated rings. The summed E-state index contributed by atoms with van der Waals surface area (Å²) >= 11 is 0. The standard InChI is InChI=1S/C17H22N6O/c24-17(15-6-7-19-21-15)22-9-2-3-13(11-22)14-4-1-5-16(20-14)23-10-8-18-12-23/h1,4-5,8,10,12-13,15,19,21H,2-3,6-7,9,11H2. The van der Waals surface area contributed by atoms with Crippen molar-refractivity contribution in [3.63, 3.8) is 0 Å². The molecule has 2 atom stereocenters. The van der Waals surface area contributed by atoms with Crippen LogP contribution in [-0.2, 0) is 4.79 Å². The highest BCUT2D eigenvalue weighted by atomic mass is 16.2. The number of hydrogen-bond donors (Lipinski definition) is 2. The number of rotatable bonds is 3. The Balaban J connectivity index is 1.50. The molecule has 7 nitrogen and oxygen atoms in total. The lowest BCUT2D eigenvalue weighted by molar-refractivity contribution is -0.134. The van der Waals surface area contributed by atoms with Crippen LogP contribution in [0.3, 0.4) is 0 Å². The molecule has 2 aromatic heterocycles. The highest BCUT2D eigenvalue weighted by Crippen LogP contribution is 2.27. The molecule has 2 saturated heterocycles. The summed E-state index contributed by atoms with van der Waals surface area (Å²) in [6, 6.07) is 5.98. The maximum atomic E-state index is 12.6. The van der Waals surface area contributed by atoms with E-state index in [0.717, 1.165) is 50.4 Å². The molecular weight excluding hydrogens is 304 g/mol. The molecule has 1 amide bonds. The predicted molar refractivity (Wildman–Crippen MR) is 89.5 cm³/mol. The zero-order valence-corrected chi connectivity index (χ0v) is 13.6. The zero-order chi connectivity index (χ0) is 16.4. The van der Waals surface area contributed by atoms with Crippen LogP contribution in [0.25, 0.3) is 5.82 Å². The van der Waals surface area contributed by atoms with E-state index in [1.165, 1.54) is 0 Å². The molecule has 0 spiro atoms. The average Bonchev–Trinajstić information content (AvgIpc) is 3.35. The second-order valence-electron chi connectivity index (χ2n) is 6.43. The Morgan fingerprint density at radius 1 is 1.29 bits per heavy atom. The van der Waals surface area contributed by atoms with E-state index in [2.05, 4.69) is 21.9 Å². The Labute approximate surface area is 141 Å². The molecule has 4 rings (SSSR count). The largest absolute Gasteiger partial charge is 0.341 e. The lowest BCUT2D eigenvalue weighted by atomic mass is 9.93. The SMILES string of the molecule is O=C(C1CCNN1)N1CCCC(c2cccc(-n3ccnc3)n2)C1. The van der Waals surface area contributed by atoms with Crippen LogP contribution in [-0.4, -0.2) is 51.0 Å². The predicted octanol–water partition coefficient (Wildman–Crippen LogP) is 0.840. The van der Waals surface area contributed by atoms with Gasteiger partial charge in [0.25, 0.3) is 0 Å². The van der Waals surface area contributed by atoms with Gasteiger partial charge in [0.15, 0.2) is 0 Å². The van der Waals surface area contributed by atoms with Crippen molar-refractivity contribution in [2.75, 3.05) is 19.6 Å². The van der Waals surface area contributed by atoms with Gasteiger partial charge < -0.3 is 4.90 Å². The third-order valence-electron chi connectivity index (χ3n) is 4.81. The van der Waals surface area contributed by atoms with Gasteiger partial charge in [0.1, 0.15) is 18.2 Å². The lowest BCUT2D eigenvalue weighted by Crippen LogP contribution is -2.48. The fourth-order valence-electron chi connectivity index (χ4n) is 3.51. The van der Waals surface area contributed by atoms with Gasteiger partial charge in [0, 0.05) is 43.6 Å². The number of amides is 1. The molecule has 126 valence electrons. The third kappa shape index (κ3) is 3.05. The van der Waals surface area contributed by atoms with E-state index in [-0.39, 0.29) is 11.9 Å². The molecule has 0 bridgehead atoms. The Kier molecular flexibility index (Phi) is 4.27. The van der Waals surface area contributed by atoms with Crippen LogP contribution in [0.15, 0.2) is 36.9 Å². The highest BCUT2D eigenvalue weighted by Gasteiger charge is 2.31. The molecule has 4 heterocycles. The van der Waals surface area contributed by atoms with Crippen molar-refractivity contribution in [3.8, 4) is 5.82 Å². The van der Waals surface area contributed by atoms with Crippen LogP contribution in [0.2, 0.25) is 0 Å². The summed E-state index contributed by atoms with van der Waals surface area (Å²) in [5.41, 5.74) is 7.16. The van der Waals surface area contributed by atoms with E-state index in [1.54, 1.807) is 12.5 Å². The average molecular weight is 326 g/mol. The first kappa shape index (κ1) is 15.3. The van der Waals surface area contributed by atoms with E-state index in [9.17, 15) is 4.79 Å². The molecule has 2 N–H and O–H groups in total. The van der Waals surface area contributed by atoms with Crippen molar-refractivity contribution < 1.29 is 4.79 Å². The van der Waals surface area contributed by atoms with Crippen molar-refractivity contribution in [2.45, 2.75) is 31.2 Å². The Bertz CT molecular complexity index is 695. The molecule has 2 aromatic rings. The zero-order valence-electron chi connectivity index (χ0n) is 13.6. The minimum absolute atomic E-state index is 0.0889. The first-order valence-corrected chi connectivity index (χ1v) is 8.54. The summed E-state index contributed by atoms with van der Waals surface area (Å²) in [6.07, 6.45) is 8.34. The van der Waals surface area contributed by atoms with Crippen molar-refractivity contribution >= 4 is 5.91 Å². The maximum Gasteiger partial charge on any atom is 0.241 e. The number of hydrazine groups is 1. The summed E-state index contributed by atoms with van der Waals surface area (Å²) in [7, 11) is 0. The molecule has 2 unspecified atom stereocenters. The van der Waals surface area contributed by atoms with Crippen molar-refractivity contribution in [1.29, 1.82) is 0 Å².